The van der Waals surface area contributed by atoms with Gasteiger partial charge in [-0.25, -0.2) is 8.78 Å². The van der Waals surface area contributed by atoms with Crippen LogP contribution in [0.2, 0.25) is 0 Å². The number of alkyl halides is 2. The normalized spacial score (nSPS) is 20.6. The van der Waals surface area contributed by atoms with Crippen molar-refractivity contribution in [1.29, 1.82) is 0 Å². The zero-order valence-electron chi connectivity index (χ0n) is 10.8. The smallest absolute Gasteiger partial charge is 0.262 e. The number of nitrogens with one attached hydrogen (secondary N) is 1. The van der Waals surface area contributed by atoms with E-state index in [4.69, 9.17) is 4.52 Å². The molecule has 20 heavy (non-hydrogen) atoms. The molecule has 1 aliphatic rings. The SMILES string of the molecule is Cc1ccc(-c2noc(C3CC(F)(F)CN3)n2)cc1.Cl. The molecule has 1 unspecified atom stereocenters. The van der Waals surface area contributed by atoms with Gasteiger partial charge in [-0.3, -0.25) is 5.32 Å². The van der Waals surface area contributed by atoms with Gasteiger partial charge in [-0.1, -0.05) is 35.0 Å². The Morgan fingerprint density at radius 2 is 2.00 bits per heavy atom. The highest BCUT2D eigenvalue weighted by molar-refractivity contribution is 5.85. The summed E-state index contributed by atoms with van der Waals surface area (Å²) in [6, 6.07) is 7.06. The Kier molecular flexibility index (Phi) is 4.06. The van der Waals surface area contributed by atoms with Crippen molar-refractivity contribution in [3.05, 3.63) is 35.7 Å². The lowest BCUT2D eigenvalue weighted by atomic mass is 10.1. The van der Waals surface area contributed by atoms with Gasteiger partial charge in [0.2, 0.25) is 11.7 Å². The van der Waals surface area contributed by atoms with E-state index in [9.17, 15) is 8.78 Å². The van der Waals surface area contributed by atoms with E-state index >= 15 is 0 Å². The molecule has 0 radical (unpaired) electrons. The molecule has 0 saturated carbocycles. The van der Waals surface area contributed by atoms with Gasteiger partial charge in [-0.15, -0.1) is 12.4 Å². The van der Waals surface area contributed by atoms with Gasteiger partial charge in [0, 0.05) is 12.0 Å². The molecule has 1 atom stereocenters. The largest absolute Gasteiger partial charge is 0.337 e. The molecular formula is C13H14ClF2N3O. The second kappa shape index (κ2) is 5.46. The van der Waals surface area contributed by atoms with Gasteiger partial charge in [0.15, 0.2) is 0 Å². The molecule has 0 aliphatic carbocycles. The lowest BCUT2D eigenvalue weighted by molar-refractivity contribution is 0.0200. The van der Waals surface area contributed by atoms with Gasteiger partial charge < -0.3 is 4.52 Å². The Bertz CT molecular complexity index is 586. The number of aromatic nitrogens is 2. The molecule has 1 fully saturated rings. The molecule has 0 bridgehead atoms. The van der Waals surface area contributed by atoms with Gasteiger partial charge in [0.05, 0.1) is 12.6 Å². The summed E-state index contributed by atoms with van der Waals surface area (Å²) in [5.41, 5.74) is 1.94. The summed E-state index contributed by atoms with van der Waals surface area (Å²) in [6.45, 7) is 1.63. The topological polar surface area (TPSA) is 51.0 Å². The monoisotopic (exact) mass is 301 g/mol. The van der Waals surface area contributed by atoms with E-state index < -0.39 is 12.0 Å². The van der Waals surface area contributed by atoms with Crippen LogP contribution in [0.25, 0.3) is 11.4 Å². The second-order valence-electron chi connectivity index (χ2n) is 4.82. The van der Waals surface area contributed by atoms with Crippen LogP contribution in [0.1, 0.15) is 23.9 Å². The number of rotatable bonds is 2. The maximum atomic E-state index is 13.1. The minimum Gasteiger partial charge on any atom is -0.337 e. The molecule has 4 nitrogen and oxygen atoms in total. The fourth-order valence-corrected chi connectivity index (χ4v) is 2.09. The first-order chi connectivity index (χ1) is 9.03. The van der Waals surface area contributed by atoms with Crippen molar-refractivity contribution in [2.24, 2.45) is 0 Å². The maximum absolute atomic E-state index is 13.1. The van der Waals surface area contributed by atoms with Gasteiger partial charge >= 0.3 is 0 Å². The minimum absolute atomic E-state index is 0. The highest BCUT2D eigenvalue weighted by Gasteiger charge is 2.42. The second-order valence-corrected chi connectivity index (χ2v) is 4.82. The van der Waals surface area contributed by atoms with Crippen LogP contribution >= 0.6 is 12.4 Å². The number of benzene rings is 1. The third-order valence-electron chi connectivity index (χ3n) is 3.16. The standard InChI is InChI=1S/C13H13F2N3O.ClH/c1-8-2-4-9(5-3-8)11-17-12(19-18-11)10-6-13(14,15)7-16-10;/h2-5,10,16H,6-7H2,1H3;1H. The fourth-order valence-electron chi connectivity index (χ4n) is 2.09. The van der Waals surface area contributed by atoms with E-state index in [1.54, 1.807) is 0 Å². The van der Waals surface area contributed by atoms with Crippen LogP contribution in [0.4, 0.5) is 8.78 Å². The molecule has 108 valence electrons. The number of hydrogen-bond acceptors (Lipinski definition) is 4. The molecule has 1 aliphatic heterocycles. The van der Waals surface area contributed by atoms with Crippen molar-refractivity contribution in [3.8, 4) is 11.4 Å². The third kappa shape index (κ3) is 2.96. The van der Waals surface area contributed by atoms with Crippen molar-refractivity contribution in [2.75, 3.05) is 6.54 Å². The quantitative estimate of drug-likeness (QED) is 0.926. The van der Waals surface area contributed by atoms with E-state index in [0.29, 0.717) is 5.82 Å². The summed E-state index contributed by atoms with van der Waals surface area (Å²) in [6.07, 6.45) is -0.303. The Morgan fingerprint density at radius 3 is 2.60 bits per heavy atom. The third-order valence-corrected chi connectivity index (χ3v) is 3.16. The zero-order valence-corrected chi connectivity index (χ0v) is 11.6. The summed E-state index contributed by atoms with van der Waals surface area (Å²) >= 11 is 0. The van der Waals surface area contributed by atoms with Crippen LogP contribution in [0.5, 0.6) is 0 Å². The molecule has 1 aromatic heterocycles. The predicted molar refractivity (Wildman–Crippen MR) is 72.0 cm³/mol. The van der Waals surface area contributed by atoms with Gasteiger partial charge in [-0.05, 0) is 6.92 Å². The molecular weight excluding hydrogens is 288 g/mol. The van der Waals surface area contributed by atoms with Crippen LogP contribution in [0.15, 0.2) is 28.8 Å². The number of hydrogen-bond donors (Lipinski definition) is 1. The van der Waals surface area contributed by atoms with Crippen LogP contribution in [0.3, 0.4) is 0 Å². The summed E-state index contributed by atoms with van der Waals surface area (Å²) in [7, 11) is 0. The van der Waals surface area contributed by atoms with Crippen molar-refractivity contribution in [3.63, 3.8) is 0 Å². The molecule has 1 saturated heterocycles. The summed E-state index contributed by atoms with van der Waals surface area (Å²) in [5.74, 6) is -2.07. The van der Waals surface area contributed by atoms with Crippen LogP contribution in [0, 0.1) is 6.92 Å². The molecule has 2 heterocycles. The Morgan fingerprint density at radius 1 is 1.30 bits per heavy atom. The molecule has 1 N–H and O–H groups in total. The van der Waals surface area contributed by atoms with Crippen LogP contribution in [-0.4, -0.2) is 22.6 Å². The Balaban J connectivity index is 0.00000147. The average Bonchev–Trinajstić information content (AvgIpc) is 2.96. The predicted octanol–water partition coefficient (Wildman–Crippen LogP) is 3.14. The molecule has 0 amide bonds. The Labute approximate surface area is 121 Å². The number of halogens is 3. The summed E-state index contributed by atoms with van der Waals surface area (Å²) < 4.78 is 31.3. The minimum atomic E-state index is -2.71. The lowest BCUT2D eigenvalue weighted by Crippen LogP contribution is -2.19. The maximum Gasteiger partial charge on any atom is 0.262 e. The molecule has 1 aromatic carbocycles. The van der Waals surface area contributed by atoms with E-state index in [2.05, 4.69) is 15.5 Å². The van der Waals surface area contributed by atoms with E-state index in [0.717, 1.165) is 11.1 Å². The summed E-state index contributed by atoms with van der Waals surface area (Å²) in [5, 5.41) is 6.53. The number of aryl methyl sites for hydroxylation is 1. The Hall–Kier alpha value is -1.53. The highest BCUT2D eigenvalue weighted by atomic mass is 35.5. The van der Waals surface area contributed by atoms with Crippen LogP contribution in [-0.2, 0) is 0 Å². The summed E-state index contributed by atoms with van der Waals surface area (Å²) in [4.78, 5) is 4.18. The van der Waals surface area contributed by atoms with Gasteiger partial charge in [0.1, 0.15) is 0 Å². The molecule has 7 heteroatoms. The fraction of sp³-hybridized carbons (Fsp3) is 0.385. The first kappa shape index (κ1) is 14.9. The molecule has 2 aromatic rings. The zero-order chi connectivity index (χ0) is 13.5. The van der Waals surface area contributed by atoms with Gasteiger partial charge in [-0.2, -0.15) is 4.98 Å². The molecule has 3 rings (SSSR count). The highest BCUT2D eigenvalue weighted by Crippen LogP contribution is 2.33. The lowest BCUT2D eigenvalue weighted by Gasteiger charge is -2.04. The van der Waals surface area contributed by atoms with Crippen molar-refractivity contribution in [1.82, 2.24) is 15.5 Å². The van der Waals surface area contributed by atoms with Crippen molar-refractivity contribution in [2.45, 2.75) is 25.3 Å². The average molecular weight is 302 g/mol. The van der Waals surface area contributed by atoms with Gasteiger partial charge in [0.25, 0.3) is 5.92 Å². The first-order valence-electron chi connectivity index (χ1n) is 6.05. The van der Waals surface area contributed by atoms with E-state index in [1.807, 2.05) is 31.2 Å². The number of nitrogens with zero attached hydrogens (tertiary/aromatic N) is 2. The first-order valence-corrected chi connectivity index (χ1v) is 6.05. The van der Waals surface area contributed by atoms with Crippen LogP contribution < -0.4 is 5.32 Å². The molecule has 0 spiro atoms. The van der Waals surface area contributed by atoms with E-state index in [1.165, 1.54) is 0 Å². The van der Waals surface area contributed by atoms with E-state index in [-0.39, 0.29) is 31.3 Å². The van der Waals surface area contributed by atoms with Crippen molar-refractivity contribution >= 4 is 12.4 Å². The van der Waals surface area contributed by atoms with Crippen molar-refractivity contribution < 1.29 is 13.3 Å².